The van der Waals surface area contributed by atoms with Crippen molar-refractivity contribution in [2.24, 2.45) is 0 Å². The maximum absolute atomic E-state index is 13.1. The van der Waals surface area contributed by atoms with E-state index in [1.165, 1.54) is 24.3 Å². The van der Waals surface area contributed by atoms with Gasteiger partial charge >= 0.3 is 0 Å². The summed E-state index contributed by atoms with van der Waals surface area (Å²) in [6.45, 7) is 0. The first-order chi connectivity index (χ1) is 13.4. The molecule has 0 unspecified atom stereocenters. The van der Waals surface area contributed by atoms with E-state index in [0.717, 1.165) is 0 Å². The summed E-state index contributed by atoms with van der Waals surface area (Å²) in [6, 6.07) is 16.1. The van der Waals surface area contributed by atoms with Crippen LogP contribution in [0.2, 0.25) is 5.15 Å². The standard InChI is InChI=1S/C18H11ClN4O4S/c19-14-13-16(22-15(21-14)11-7-3-1-4-8-11)23(17(20-13)18(24)25)28(26,27)12-9-5-2-6-10-12/h1-10H,(H,24,25)/p-1. The molecule has 0 radical (unpaired) electrons. The van der Waals surface area contributed by atoms with Gasteiger partial charge in [0.1, 0.15) is 11.5 Å². The number of hydrogen-bond donors (Lipinski definition) is 0. The molecule has 8 nitrogen and oxygen atoms in total. The van der Waals surface area contributed by atoms with Crippen molar-refractivity contribution < 1.29 is 18.3 Å². The first kappa shape index (κ1) is 18.1. The van der Waals surface area contributed by atoms with Crippen LogP contribution in [0.5, 0.6) is 0 Å². The number of carbonyl (C=O) groups is 1. The second-order valence-corrected chi connectivity index (χ2v) is 7.83. The van der Waals surface area contributed by atoms with E-state index in [0.29, 0.717) is 9.54 Å². The number of aromatic nitrogens is 4. The topological polar surface area (TPSA) is 118 Å². The summed E-state index contributed by atoms with van der Waals surface area (Å²) in [7, 11) is -4.33. The minimum absolute atomic E-state index is 0.132. The molecule has 140 valence electrons. The van der Waals surface area contributed by atoms with Crippen LogP contribution in [-0.2, 0) is 10.0 Å². The van der Waals surface area contributed by atoms with E-state index < -0.39 is 21.8 Å². The average Bonchev–Trinajstić information content (AvgIpc) is 3.11. The highest BCUT2D eigenvalue weighted by molar-refractivity contribution is 7.90. The van der Waals surface area contributed by atoms with Crippen molar-refractivity contribution in [3.05, 3.63) is 71.6 Å². The maximum atomic E-state index is 13.1. The first-order valence-corrected chi connectivity index (χ1v) is 9.75. The molecule has 4 rings (SSSR count). The third-order valence-corrected chi connectivity index (χ3v) is 5.88. The number of carboxylic acid groups (broad SMARTS) is 1. The van der Waals surface area contributed by atoms with E-state index in [2.05, 4.69) is 15.0 Å². The van der Waals surface area contributed by atoms with Crippen molar-refractivity contribution in [3.8, 4) is 11.4 Å². The van der Waals surface area contributed by atoms with Crippen LogP contribution in [0.25, 0.3) is 22.6 Å². The fraction of sp³-hybridized carbons (Fsp3) is 0. The predicted molar refractivity (Wildman–Crippen MR) is 99.1 cm³/mol. The Morgan fingerprint density at radius 3 is 2.14 bits per heavy atom. The summed E-state index contributed by atoms with van der Waals surface area (Å²) < 4.78 is 26.8. The fourth-order valence-electron chi connectivity index (χ4n) is 2.68. The maximum Gasteiger partial charge on any atom is 0.271 e. The molecule has 2 aromatic carbocycles. The zero-order valence-electron chi connectivity index (χ0n) is 14.0. The van der Waals surface area contributed by atoms with Crippen LogP contribution in [-0.4, -0.2) is 33.3 Å². The number of fused-ring (bicyclic) bond motifs is 1. The van der Waals surface area contributed by atoms with Gasteiger partial charge in [-0.05, 0) is 12.1 Å². The Morgan fingerprint density at radius 2 is 1.54 bits per heavy atom. The summed E-state index contributed by atoms with van der Waals surface area (Å²) in [6.07, 6.45) is 0. The van der Waals surface area contributed by atoms with Gasteiger partial charge in [-0.2, -0.15) is 3.97 Å². The molecule has 0 spiro atoms. The van der Waals surface area contributed by atoms with E-state index >= 15 is 0 Å². The van der Waals surface area contributed by atoms with E-state index in [1.807, 2.05) is 0 Å². The van der Waals surface area contributed by atoms with Gasteiger partial charge in [0.15, 0.2) is 22.4 Å². The normalized spacial score (nSPS) is 11.6. The summed E-state index contributed by atoms with van der Waals surface area (Å²) in [5.74, 6) is -2.48. The summed E-state index contributed by atoms with van der Waals surface area (Å²) in [4.78, 5) is 23.6. The van der Waals surface area contributed by atoms with Crippen molar-refractivity contribution in [2.45, 2.75) is 4.90 Å². The number of halogens is 1. The van der Waals surface area contributed by atoms with Crippen molar-refractivity contribution in [3.63, 3.8) is 0 Å². The van der Waals surface area contributed by atoms with Gasteiger partial charge in [-0.1, -0.05) is 60.1 Å². The lowest BCUT2D eigenvalue weighted by molar-refractivity contribution is -0.256. The summed E-state index contributed by atoms with van der Waals surface area (Å²) in [5, 5.41) is 11.4. The third kappa shape index (κ3) is 2.90. The van der Waals surface area contributed by atoms with Crippen molar-refractivity contribution in [1.29, 1.82) is 0 Å². The number of aromatic carboxylic acids is 1. The Bertz CT molecular complexity index is 1310. The molecule has 0 atom stereocenters. The first-order valence-electron chi connectivity index (χ1n) is 7.93. The molecule has 28 heavy (non-hydrogen) atoms. The van der Waals surface area contributed by atoms with Crippen molar-refractivity contribution >= 4 is 38.8 Å². The molecular formula is C18H10ClN4O4S-. The lowest BCUT2D eigenvalue weighted by Gasteiger charge is -2.10. The molecule has 2 aromatic heterocycles. The van der Waals surface area contributed by atoms with E-state index in [1.54, 1.807) is 36.4 Å². The molecule has 0 aliphatic heterocycles. The molecule has 0 saturated heterocycles. The van der Waals surface area contributed by atoms with Gasteiger partial charge in [-0.15, -0.1) is 0 Å². The van der Waals surface area contributed by atoms with Gasteiger partial charge in [0.05, 0.1) is 4.90 Å². The number of carbonyl (C=O) groups excluding carboxylic acids is 1. The Labute approximate surface area is 164 Å². The number of carboxylic acids is 1. The third-order valence-electron chi connectivity index (χ3n) is 3.92. The van der Waals surface area contributed by atoms with E-state index in [4.69, 9.17) is 11.6 Å². The minimum atomic E-state index is -4.33. The Morgan fingerprint density at radius 1 is 0.929 bits per heavy atom. The molecule has 0 aliphatic rings. The molecule has 0 bridgehead atoms. The molecule has 0 fully saturated rings. The second-order valence-electron chi connectivity index (χ2n) is 5.68. The molecular weight excluding hydrogens is 404 g/mol. The second kappa shape index (κ2) is 6.70. The van der Waals surface area contributed by atoms with Crippen LogP contribution < -0.4 is 5.11 Å². The monoisotopic (exact) mass is 413 g/mol. The molecule has 10 heteroatoms. The number of hydrogen-bond acceptors (Lipinski definition) is 7. The number of imidazole rings is 1. The quantitative estimate of drug-likeness (QED) is 0.467. The van der Waals surface area contributed by atoms with Crippen LogP contribution in [0.4, 0.5) is 0 Å². The molecule has 0 aliphatic carbocycles. The van der Waals surface area contributed by atoms with Crippen LogP contribution in [0.15, 0.2) is 65.6 Å². The number of nitrogens with zero attached hydrogens (tertiary/aromatic N) is 4. The van der Waals surface area contributed by atoms with Crippen molar-refractivity contribution in [2.75, 3.05) is 0 Å². The molecule has 4 aromatic rings. The van der Waals surface area contributed by atoms with Gasteiger partial charge in [0, 0.05) is 5.56 Å². The Hall–Kier alpha value is -3.30. The van der Waals surface area contributed by atoms with Gasteiger partial charge in [0.2, 0.25) is 0 Å². The van der Waals surface area contributed by atoms with E-state index in [-0.39, 0.29) is 27.0 Å². The van der Waals surface area contributed by atoms with Gasteiger partial charge in [-0.25, -0.2) is 23.4 Å². The highest BCUT2D eigenvalue weighted by Gasteiger charge is 2.28. The Balaban J connectivity index is 2.08. The summed E-state index contributed by atoms with van der Waals surface area (Å²) in [5.41, 5.74) is 0.174. The predicted octanol–water partition coefficient (Wildman–Crippen LogP) is 1.75. The van der Waals surface area contributed by atoms with Gasteiger partial charge < -0.3 is 9.90 Å². The van der Waals surface area contributed by atoms with Crippen LogP contribution >= 0.6 is 11.6 Å². The zero-order valence-corrected chi connectivity index (χ0v) is 15.6. The number of rotatable bonds is 4. The van der Waals surface area contributed by atoms with E-state index in [9.17, 15) is 18.3 Å². The largest absolute Gasteiger partial charge is 0.542 e. The molecule has 2 heterocycles. The fourth-order valence-corrected chi connectivity index (χ4v) is 4.29. The van der Waals surface area contributed by atoms with Crippen LogP contribution in [0, 0.1) is 0 Å². The average molecular weight is 414 g/mol. The lowest BCUT2D eigenvalue weighted by Crippen LogP contribution is -2.29. The number of benzene rings is 2. The molecule has 0 saturated carbocycles. The molecule has 0 amide bonds. The SMILES string of the molecule is O=C([O-])c1nc2c(Cl)nc(-c3ccccc3)nc2n1S(=O)(=O)c1ccccc1. The Kier molecular flexibility index (Phi) is 4.33. The highest BCUT2D eigenvalue weighted by Crippen LogP contribution is 2.28. The molecule has 0 N–H and O–H groups in total. The minimum Gasteiger partial charge on any atom is -0.542 e. The smallest absolute Gasteiger partial charge is 0.271 e. The zero-order chi connectivity index (χ0) is 19.9. The van der Waals surface area contributed by atoms with Crippen LogP contribution in [0.1, 0.15) is 10.6 Å². The lowest BCUT2D eigenvalue weighted by atomic mass is 10.2. The van der Waals surface area contributed by atoms with Gasteiger partial charge in [-0.3, -0.25) is 0 Å². The van der Waals surface area contributed by atoms with Crippen molar-refractivity contribution in [1.82, 2.24) is 18.9 Å². The van der Waals surface area contributed by atoms with Gasteiger partial charge in [0.25, 0.3) is 10.0 Å². The highest BCUT2D eigenvalue weighted by atomic mass is 35.5. The van der Waals surface area contributed by atoms with Crippen LogP contribution in [0.3, 0.4) is 0 Å². The summed E-state index contributed by atoms with van der Waals surface area (Å²) >= 11 is 6.16.